The number of carbonyl (C=O) groups excluding carboxylic acids is 1. The van der Waals surface area contributed by atoms with Crippen molar-refractivity contribution >= 4 is 15.9 Å². The quantitative estimate of drug-likeness (QED) is 0.768. The Kier molecular flexibility index (Phi) is 6.26. The number of aryl methyl sites for hydroxylation is 1. The molecule has 0 unspecified atom stereocenters. The molecule has 5 nitrogen and oxygen atoms in total. The molecule has 1 heterocycles. The Morgan fingerprint density at radius 2 is 1.78 bits per heavy atom. The molecular weight excluding hydrogens is 360 g/mol. The normalized spacial score (nSPS) is 23.3. The van der Waals surface area contributed by atoms with E-state index in [2.05, 4.69) is 0 Å². The molecule has 2 aliphatic rings. The van der Waals surface area contributed by atoms with E-state index >= 15 is 0 Å². The van der Waals surface area contributed by atoms with Crippen LogP contribution in [0.25, 0.3) is 0 Å². The lowest BCUT2D eigenvalue weighted by molar-refractivity contribution is 0.0520. The Hall–Kier alpha value is -1.40. The Morgan fingerprint density at radius 3 is 2.44 bits per heavy atom. The molecular formula is C21H32N2O3S. The largest absolute Gasteiger partial charge is 0.338 e. The number of sulfonamides is 1. The van der Waals surface area contributed by atoms with E-state index in [0.29, 0.717) is 24.6 Å². The molecule has 0 spiro atoms. The first-order chi connectivity index (χ1) is 12.9. The number of nitrogens with zero attached hydrogens (tertiary/aromatic N) is 2. The Labute approximate surface area is 163 Å². The molecule has 1 aliphatic heterocycles. The van der Waals surface area contributed by atoms with Gasteiger partial charge in [0.25, 0.3) is 5.91 Å². The van der Waals surface area contributed by atoms with Gasteiger partial charge in [-0.1, -0.05) is 39.2 Å². The molecule has 6 heteroatoms. The third-order valence-corrected chi connectivity index (χ3v) is 8.41. The molecule has 3 rings (SSSR count). The molecule has 150 valence electrons. The van der Waals surface area contributed by atoms with Gasteiger partial charge in [-0.2, -0.15) is 4.31 Å². The van der Waals surface area contributed by atoms with Crippen molar-refractivity contribution in [3.05, 3.63) is 29.3 Å². The number of carbonyl (C=O) groups is 1. The zero-order valence-electron chi connectivity index (χ0n) is 16.8. The van der Waals surface area contributed by atoms with Crippen LogP contribution in [-0.4, -0.2) is 49.7 Å². The second-order valence-electron chi connectivity index (χ2n) is 7.91. The van der Waals surface area contributed by atoms with Crippen molar-refractivity contribution in [3.63, 3.8) is 0 Å². The fourth-order valence-corrected chi connectivity index (χ4v) is 6.15. The molecule has 1 aliphatic carbocycles. The maximum absolute atomic E-state index is 13.2. The third kappa shape index (κ3) is 4.06. The average Bonchev–Trinajstić information content (AvgIpc) is 2.68. The summed E-state index contributed by atoms with van der Waals surface area (Å²) in [6, 6.07) is 4.96. The lowest BCUT2D eigenvalue weighted by Gasteiger charge is -2.41. The monoisotopic (exact) mass is 392 g/mol. The number of hydrogen-bond acceptors (Lipinski definition) is 3. The van der Waals surface area contributed by atoms with Crippen molar-refractivity contribution in [2.75, 3.05) is 26.2 Å². The summed E-state index contributed by atoms with van der Waals surface area (Å²) in [5.41, 5.74) is 1.36. The van der Waals surface area contributed by atoms with Crippen LogP contribution in [0.15, 0.2) is 23.1 Å². The van der Waals surface area contributed by atoms with E-state index < -0.39 is 10.0 Å². The Bertz CT molecular complexity index is 787. The van der Waals surface area contributed by atoms with Gasteiger partial charge in [0, 0.05) is 31.7 Å². The van der Waals surface area contributed by atoms with Crippen molar-refractivity contribution in [2.24, 2.45) is 11.8 Å². The van der Waals surface area contributed by atoms with E-state index in [1.54, 1.807) is 18.2 Å². The van der Waals surface area contributed by atoms with E-state index in [1.807, 2.05) is 25.7 Å². The SMILES string of the molecule is CCN(CC)S(=O)(=O)c1ccc(C)c(C(=O)N2CC[C@H]3CCCC[C@@H]3C2)c1. The second kappa shape index (κ2) is 8.31. The molecule has 0 bridgehead atoms. The van der Waals surface area contributed by atoms with E-state index in [9.17, 15) is 13.2 Å². The number of amides is 1. The minimum absolute atomic E-state index is 0.0203. The van der Waals surface area contributed by atoms with Crippen molar-refractivity contribution in [2.45, 2.75) is 57.8 Å². The van der Waals surface area contributed by atoms with Gasteiger partial charge in [0.05, 0.1) is 4.90 Å². The zero-order valence-corrected chi connectivity index (χ0v) is 17.6. The second-order valence-corrected chi connectivity index (χ2v) is 9.85. The van der Waals surface area contributed by atoms with Gasteiger partial charge in [0.15, 0.2) is 0 Å². The molecule has 1 saturated heterocycles. The van der Waals surface area contributed by atoms with Gasteiger partial charge in [-0.05, 0) is 49.3 Å². The summed E-state index contributed by atoms with van der Waals surface area (Å²) < 4.78 is 27.1. The summed E-state index contributed by atoms with van der Waals surface area (Å²) in [6.07, 6.45) is 6.17. The molecule has 1 saturated carbocycles. The first kappa shape index (κ1) is 20.3. The maximum atomic E-state index is 13.2. The number of likely N-dealkylation sites (tertiary alicyclic amines) is 1. The first-order valence-electron chi connectivity index (χ1n) is 10.3. The maximum Gasteiger partial charge on any atom is 0.254 e. The van der Waals surface area contributed by atoms with Crippen LogP contribution in [0.5, 0.6) is 0 Å². The molecule has 1 aromatic carbocycles. The molecule has 1 aromatic rings. The number of hydrogen-bond donors (Lipinski definition) is 0. The zero-order chi connectivity index (χ0) is 19.6. The lowest BCUT2D eigenvalue weighted by atomic mass is 9.75. The summed E-state index contributed by atoms with van der Waals surface area (Å²) in [6.45, 7) is 7.98. The van der Waals surface area contributed by atoms with Crippen LogP contribution >= 0.6 is 0 Å². The van der Waals surface area contributed by atoms with E-state index in [0.717, 1.165) is 31.0 Å². The number of benzene rings is 1. The number of rotatable bonds is 5. The van der Waals surface area contributed by atoms with Crippen LogP contribution in [0.2, 0.25) is 0 Å². The Balaban J connectivity index is 1.85. The highest BCUT2D eigenvalue weighted by molar-refractivity contribution is 7.89. The first-order valence-corrected chi connectivity index (χ1v) is 11.7. The van der Waals surface area contributed by atoms with Crippen molar-refractivity contribution in [3.8, 4) is 0 Å². The summed E-state index contributed by atoms with van der Waals surface area (Å²) >= 11 is 0. The summed E-state index contributed by atoms with van der Waals surface area (Å²) in [5, 5.41) is 0. The fourth-order valence-electron chi connectivity index (χ4n) is 4.66. The van der Waals surface area contributed by atoms with E-state index in [4.69, 9.17) is 0 Å². The third-order valence-electron chi connectivity index (χ3n) is 6.36. The fraction of sp³-hybridized carbons (Fsp3) is 0.667. The smallest absolute Gasteiger partial charge is 0.254 e. The molecule has 2 atom stereocenters. The minimum atomic E-state index is -3.56. The predicted molar refractivity (Wildman–Crippen MR) is 107 cm³/mol. The van der Waals surface area contributed by atoms with Crippen LogP contribution in [0.1, 0.15) is 61.9 Å². The molecule has 1 amide bonds. The van der Waals surface area contributed by atoms with Crippen LogP contribution < -0.4 is 0 Å². The molecule has 0 aromatic heterocycles. The van der Waals surface area contributed by atoms with Crippen LogP contribution in [0.4, 0.5) is 0 Å². The van der Waals surface area contributed by atoms with Crippen molar-refractivity contribution < 1.29 is 13.2 Å². The lowest BCUT2D eigenvalue weighted by Crippen LogP contribution is -2.45. The van der Waals surface area contributed by atoms with Gasteiger partial charge < -0.3 is 4.90 Å². The predicted octanol–water partition coefficient (Wildman–Crippen LogP) is 3.68. The standard InChI is InChI=1S/C21H32N2O3S/c1-4-23(5-2)27(25,26)19-11-10-16(3)20(14-19)21(24)22-13-12-17-8-6-7-9-18(17)15-22/h10-11,14,17-18H,4-9,12-13,15H2,1-3H3/t17-,18-/m1/s1. The van der Waals surface area contributed by atoms with Gasteiger partial charge >= 0.3 is 0 Å². The van der Waals surface area contributed by atoms with E-state index in [-0.39, 0.29) is 10.8 Å². The van der Waals surface area contributed by atoms with Gasteiger partial charge in [-0.3, -0.25) is 4.79 Å². The van der Waals surface area contributed by atoms with Crippen LogP contribution in [0.3, 0.4) is 0 Å². The van der Waals surface area contributed by atoms with Gasteiger partial charge in [0.1, 0.15) is 0 Å². The van der Waals surface area contributed by atoms with Crippen LogP contribution in [-0.2, 0) is 10.0 Å². The number of piperidine rings is 1. The van der Waals surface area contributed by atoms with Crippen LogP contribution in [0, 0.1) is 18.8 Å². The molecule has 0 radical (unpaired) electrons. The topological polar surface area (TPSA) is 57.7 Å². The average molecular weight is 393 g/mol. The highest BCUT2D eigenvalue weighted by Crippen LogP contribution is 2.36. The summed E-state index contributed by atoms with van der Waals surface area (Å²) in [4.78, 5) is 15.4. The molecule has 27 heavy (non-hydrogen) atoms. The highest BCUT2D eigenvalue weighted by Gasteiger charge is 2.34. The summed E-state index contributed by atoms with van der Waals surface area (Å²) in [7, 11) is -3.56. The van der Waals surface area contributed by atoms with Crippen molar-refractivity contribution in [1.29, 1.82) is 0 Å². The van der Waals surface area contributed by atoms with Gasteiger partial charge in [-0.25, -0.2) is 8.42 Å². The number of fused-ring (bicyclic) bond motifs is 1. The molecule has 2 fully saturated rings. The van der Waals surface area contributed by atoms with Crippen molar-refractivity contribution in [1.82, 2.24) is 9.21 Å². The summed E-state index contributed by atoms with van der Waals surface area (Å²) in [5.74, 6) is 1.35. The highest BCUT2D eigenvalue weighted by atomic mass is 32.2. The Morgan fingerprint density at radius 1 is 1.11 bits per heavy atom. The van der Waals surface area contributed by atoms with E-state index in [1.165, 1.54) is 30.0 Å². The van der Waals surface area contributed by atoms with Gasteiger partial charge in [-0.15, -0.1) is 0 Å². The minimum Gasteiger partial charge on any atom is -0.338 e. The molecule has 0 N–H and O–H groups in total. The van der Waals surface area contributed by atoms with Gasteiger partial charge in [0.2, 0.25) is 10.0 Å².